The third-order valence-corrected chi connectivity index (χ3v) is 2.59. The number of carbonyl (C=O) groups excluding carboxylic acids is 1. The lowest BCUT2D eigenvalue weighted by Gasteiger charge is -2.00. The van der Waals surface area contributed by atoms with Gasteiger partial charge in [-0.15, -0.1) is 0 Å². The highest BCUT2D eigenvalue weighted by Gasteiger charge is 2.09. The minimum Gasteiger partial charge on any atom is -0.478 e. The SMILES string of the molecule is CCCCCC=COC(=O)c1cccc(C(=O)O)c1. The molecule has 1 rings (SSSR count). The van der Waals surface area contributed by atoms with Crippen LogP contribution in [0.25, 0.3) is 0 Å². The second-order valence-corrected chi connectivity index (χ2v) is 4.16. The fourth-order valence-electron chi connectivity index (χ4n) is 1.54. The first kappa shape index (κ1) is 15.0. The molecule has 0 spiro atoms. The first-order valence-electron chi connectivity index (χ1n) is 6.34. The van der Waals surface area contributed by atoms with Crippen molar-refractivity contribution in [2.45, 2.75) is 32.6 Å². The molecular weight excluding hydrogens is 244 g/mol. The second kappa shape index (κ2) is 8.08. The molecule has 0 aromatic heterocycles. The van der Waals surface area contributed by atoms with E-state index in [1.54, 1.807) is 6.08 Å². The lowest BCUT2D eigenvalue weighted by atomic mass is 10.1. The van der Waals surface area contributed by atoms with Crippen molar-refractivity contribution in [3.05, 3.63) is 47.7 Å². The molecule has 1 aromatic carbocycles. The number of carboxylic acid groups (broad SMARTS) is 1. The number of benzene rings is 1. The fraction of sp³-hybridized carbons (Fsp3) is 0.333. The summed E-state index contributed by atoms with van der Waals surface area (Å²) in [6.45, 7) is 2.12. The van der Waals surface area contributed by atoms with E-state index in [0.29, 0.717) is 0 Å². The molecular formula is C15H18O4. The molecule has 4 heteroatoms. The molecule has 0 amide bonds. The maximum absolute atomic E-state index is 11.6. The van der Waals surface area contributed by atoms with Crippen LogP contribution in [0.4, 0.5) is 0 Å². The molecule has 1 N–H and O–H groups in total. The Morgan fingerprint density at radius 1 is 1.26 bits per heavy atom. The normalized spacial score (nSPS) is 10.6. The van der Waals surface area contributed by atoms with E-state index in [-0.39, 0.29) is 11.1 Å². The first-order valence-corrected chi connectivity index (χ1v) is 6.34. The van der Waals surface area contributed by atoms with E-state index in [1.165, 1.54) is 30.5 Å². The number of hydrogen-bond donors (Lipinski definition) is 1. The summed E-state index contributed by atoms with van der Waals surface area (Å²) >= 11 is 0. The van der Waals surface area contributed by atoms with Gasteiger partial charge in [-0.2, -0.15) is 0 Å². The van der Waals surface area contributed by atoms with Gasteiger partial charge in [-0.3, -0.25) is 0 Å². The molecule has 0 radical (unpaired) electrons. The average molecular weight is 262 g/mol. The number of rotatable bonds is 7. The van der Waals surface area contributed by atoms with Gasteiger partial charge in [-0.25, -0.2) is 9.59 Å². The van der Waals surface area contributed by atoms with Gasteiger partial charge < -0.3 is 9.84 Å². The molecule has 0 aliphatic rings. The Balaban J connectivity index is 2.49. The molecule has 0 atom stereocenters. The van der Waals surface area contributed by atoms with Crippen molar-refractivity contribution >= 4 is 11.9 Å². The maximum atomic E-state index is 11.6. The minimum atomic E-state index is -1.07. The van der Waals surface area contributed by atoms with Crippen molar-refractivity contribution in [2.75, 3.05) is 0 Å². The van der Waals surface area contributed by atoms with E-state index in [0.717, 1.165) is 25.7 Å². The van der Waals surface area contributed by atoms with Crippen molar-refractivity contribution in [2.24, 2.45) is 0 Å². The number of hydrogen-bond acceptors (Lipinski definition) is 3. The van der Waals surface area contributed by atoms with Crippen LogP contribution in [-0.2, 0) is 4.74 Å². The number of carbonyl (C=O) groups is 2. The summed E-state index contributed by atoms with van der Waals surface area (Å²) < 4.78 is 4.93. The Labute approximate surface area is 112 Å². The van der Waals surface area contributed by atoms with E-state index >= 15 is 0 Å². The van der Waals surface area contributed by atoms with Crippen LogP contribution in [0, 0.1) is 0 Å². The molecule has 19 heavy (non-hydrogen) atoms. The third-order valence-electron chi connectivity index (χ3n) is 2.59. The standard InChI is InChI=1S/C15H18O4/c1-2-3-4-5-6-10-19-15(18)13-9-7-8-12(11-13)14(16)17/h6-11H,2-5H2,1H3,(H,16,17). The van der Waals surface area contributed by atoms with Crippen LogP contribution < -0.4 is 0 Å². The van der Waals surface area contributed by atoms with Gasteiger partial charge >= 0.3 is 11.9 Å². The van der Waals surface area contributed by atoms with Crippen LogP contribution in [0.3, 0.4) is 0 Å². The Bertz CT molecular complexity index is 463. The summed E-state index contributed by atoms with van der Waals surface area (Å²) in [6, 6.07) is 5.78. The van der Waals surface area contributed by atoms with Gasteiger partial charge in [-0.05, 0) is 37.1 Å². The quantitative estimate of drug-likeness (QED) is 0.463. The van der Waals surface area contributed by atoms with Crippen molar-refractivity contribution < 1.29 is 19.4 Å². The second-order valence-electron chi connectivity index (χ2n) is 4.16. The largest absolute Gasteiger partial charge is 0.478 e. The van der Waals surface area contributed by atoms with Crippen molar-refractivity contribution in [3.8, 4) is 0 Å². The lowest BCUT2D eigenvalue weighted by molar-refractivity contribution is 0.0662. The van der Waals surface area contributed by atoms with Crippen molar-refractivity contribution in [3.63, 3.8) is 0 Å². The zero-order chi connectivity index (χ0) is 14.1. The van der Waals surface area contributed by atoms with E-state index in [1.807, 2.05) is 0 Å². The van der Waals surface area contributed by atoms with Gasteiger partial charge in [0, 0.05) is 0 Å². The first-order chi connectivity index (χ1) is 9.15. The molecule has 102 valence electrons. The van der Waals surface area contributed by atoms with Crippen LogP contribution >= 0.6 is 0 Å². The summed E-state index contributed by atoms with van der Waals surface area (Å²) in [5.74, 6) is -1.61. The number of esters is 1. The molecule has 4 nitrogen and oxygen atoms in total. The average Bonchev–Trinajstić information content (AvgIpc) is 2.42. The molecule has 0 aliphatic carbocycles. The zero-order valence-electron chi connectivity index (χ0n) is 11.0. The zero-order valence-corrected chi connectivity index (χ0v) is 11.0. The van der Waals surface area contributed by atoms with Gasteiger partial charge in [0.15, 0.2) is 0 Å². The van der Waals surface area contributed by atoms with E-state index in [9.17, 15) is 9.59 Å². The van der Waals surface area contributed by atoms with Gasteiger partial charge in [0.25, 0.3) is 0 Å². The Morgan fingerprint density at radius 3 is 2.68 bits per heavy atom. The molecule has 0 bridgehead atoms. The Kier molecular flexibility index (Phi) is 6.36. The topological polar surface area (TPSA) is 63.6 Å². The molecule has 0 aliphatic heterocycles. The number of ether oxygens (including phenoxy) is 1. The monoisotopic (exact) mass is 262 g/mol. The predicted octanol–water partition coefficient (Wildman–Crippen LogP) is 3.64. The molecule has 0 fully saturated rings. The van der Waals surface area contributed by atoms with Crippen LogP contribution in [-0.4, -0.2) is 17.0 Å². The van der Waals surface area contributed by atoms with Crippen LogP contribution in [0.5, 0.6) is 0 Å². The van der Waals surface area contributed by atoms with Gasteiger partial charge in [0.05, 0.1) is 17.4 Å². The molecule has 1 aromatic rings. The van der Waals surface area contributed by atoms with Gasteiger partial charge in [0.1, 0.15) is 0 Å². The molecule has 0 heterocycles. The fourth-order valence-corrected chi connectivity index (χ4v) is 1.54. The Morgan fingerprint density at radius 2 is 2.00 bits per heavy atom. The summed E-state index contributed by atoms with van der Waals surface area (Å²) in [5.41, 5.74) is 0.305. The number of carboxylic acids is 1. The van der Waals surface area contributed by atoms with Crippen molar-refractivity contribution in [1.82, 2.24) is 0 Å². The Hall–Kier alpha value is -2.10. The molecule has 0 saturated carbocycles. The smallest absolute Gasteiger partial charge is 0.342 e. The summed E-state index contributed by atoms with van der Waals surface area (Å²) in [7, 11) is 0. The third kappa shape index (κ3) is 5.38. The number of aromatic carboxylic acids is 1. The minimum absolute atomic E-state index is 0.0707. The van der Waals surface area contributed by atoms with Gasteiger partial charge in [-0.1, -0.05) is 25.8 Å². The lowest BCUT2D eigenvalue weighted by Crippen LogP contribution is -2.03. The van der Waals surface area contributed by atoms with Crippen molar-refractivity contribution in [1.29, 1.82) is 0 Å². The highest BCUT2D eigenvalue weighted by Crippen LogP contribution is 2.07. The summed E-state index contributed by atoms with van der Waals surface area (Å²) in [4.78, 5) is 22.4. The summed E-state index contributed by atoms with van der Waals surface area (Å²) in [5, 5.41) is 8.82. The van der Waals surface area contributed by atoms with E-state index < -0.39 is 11.9 Å². The molecule has 0 unspecified atom stereocenters. The van der Waals surface area contributed by atoms with E-state index in [2.05, 4.69) is 6.92 Å². The molecule has 0 saturated heterocycles. The maximum Gasteiger partial charge on any atom is 0.342 e. The van der Waals surface area contributed by atoms with Crippen LogP contribution in [0.2, 0.25) is 0 Å². The van der Waals surface area contributed by atoms with Crippen LogP contribution in [0.15, 0.2) is 36.6 Å². The van der Waals surface area contributed by atoms with E-state index in [4.69, 9.17) is 9.84 Å². The predicted molar refractivity (Wildman–Crippen MR) is 72.1 cm³/mol. The number of unbranched alkanes of at least 4 members (excludes halogenated alkanes) is 3. The van der Waals surface area contributed by atoms with Crippen LogP contribution in [0.1, 0.15) is 53.3 Å². The highest BCUT2D eigenvalue weighted by molar-refractivity contribution is 5.94. The summed E-state index contributed by atoms with van der Waals surface area (Å²) in [6.07, 6.45) is 7.41. The van der Waals surface area contributed by atoms with Gasteiger partial charge in [0.2, 0.25) is 0 Å². The number of allylic oxidation sites excluding steroid dienone is 1. The highest BCUT2D eigenvalue weighted by atomic mass is 16.5.